The van der Waals surface area contributed by atoms with Gasteiger partial charge >= 0.3 is 6.03 Å². The predicted octanol–water partition coefficient (Wildman–Crippen LogP) is 4.29. The normalized spacial score (nSPS) is 16.0. The first-order valence-electron chi connectivity index (χ1n) is 11.2. The molecule has 0 radical (unpaired) electrons. The number of thiophene rings is 1. The number of imidazole rings is 1. The highest BCUT2D eigenvalue weighted by molar-refractivity contribution is 7.18. The Labute approximate surface area is 204 Å². The highest BCUT2D eigenvalue weighted by atomic mass is 32.1. The molecule has 35 heavy (non-hydrogen) atoms. The Bertz CT molecular complexity index is 1520. The van der Waals surface area contributed by atoms with Crippen molar-refractivity contribution in [2.24, 2.45) is 0 Å². The van der Waals surface area contributed by atoms with Crippen molar-refractivity contribution in [3.05, 3.63) is 60.4 Å². The molecule has 5 aromatic rings. The van der Waals surface area contributed by atoms with E-state index in [1.165, 1.54) is 11.3 Å². The first-order valence-corrected chi connectivity index (χ1v) is 12.1. The zero-order valence-electron chi connectivity index (χ0n) is 18.9. The minimum absolute atomic E-state index is 0.153. The first-order chi connectivity index (χ1) is 17.2. The van der Waals surface area contributed by atoms with Crippen LogP contribution in [-0.4, -0.2) is 56.3 Å². The van der Waals surface area contributed by atoms with Crippen LogP contribution < -0.4 is 15.5 Å². The second-order valence-electron chi connectivity index (χ2n) is 8.19. The van der Waals surface area contributed by atoms with Crippen molar-refractivity contribution in [2.45, 2.75) is 13.0 Å². The molecule has 0 saturated carbocycles. The van der Waals surface area contributed by atoms with Crippen LogP contribution >= 0.6 is 11.3 Å². The number of carbonyl (C=O) groups excluding carboxylic acids is 1. The summed E-state index contributed by atoms with van der Waals surface area (Å²) < 4.78 is 8.43. The lowest BCUT2D eigenvalue weighted by molar-refractivity contribution is 0.0987. The SMILES string of the molecule is C[C@@H]1COCCN1c1nc(-n2cnc3ccccc32)nc2c(NC(=O)Nc3ccccn3)csc12. The number of urea groups is 1. The van der Waals surface area contributed by atoms with Crippen LogP contribution in [0.5, 0.6) is 0 Å². The van der Waals surface area contributed by atoms with Crippen molar-refractivity contribution in [1.82, 2.24) is 24.5 Å². The van der Waals surface area contributed by atoms with Gasteiger partial charge in [0.1, 0.15) is 17.7 Å². The molecule has 6 rings (SSSR count). The van der Waals surface area contributed by atoms with E-state index in [9.17, 15) is 4.79 Å². The minimum Gasteiger partial charge on any atom is -0.377 e. The topological polar surface area (TPSA) is 110 Å². The van der Waals surface area contributed by atoms with Crippen LogP contribution in [0.3, 0.4) is 0 Å². The van der Waals surface area contributed by atoms with E-state index in [1.807, 2.05) is 40.3 Å². The molecule has 5 heterocycles. The minimum atomic E-state index is -0.391. The van der Waals surface area contributed by atoms with Crippen molar-refractivity contribution in [3.8, 4) is 5.95 Å². The summed E-state index contributed by atoms with van der Waals surface area (Å²) in [4.78, 5) is 33.5. The van der Waals surface area contributed by atoms with Crippen molar-refractivity contribution in [2.75, 3.05) is 35.3 Å². The zero-order valence-corrected chi connectivity index (χ0v) is 19.7. The number of hydrogen-bond donors (Lipinski definition) is 2. The number of nitrogens with one attached hydrogen (secondary N) is 2. The fourth-order valence-corrected chi connectivity index (χ4v) is 5.09. The van der Waals surface area contributed by atoms with Gasteiger partial charge in [-0.3, -0.25) is 9.88 Å². The summed E-state index contributed by atoms with van der Waals surface area (Å²) in [6, 6.07) is 12.9. The molecule has 0 unspecified atom stereocenters. The van der Waals surface area contributed by atoms with E-state index in [0.29, 0.717) is 36.2 Å². The molecule has 0 bridgehead atoms. The summed E-state index contributed by atoms with van der Waals surface area (Å²) in [7, 11) is 0. The van der Waals surface area contributed by atoms with Gasteiger partial charge in [0.05, 0.1) is 40.7 Å². The number of rotatable bonds is 4. The van der Waals surface area contributed by atoms with Gasteiger partial charge in [0.2, 0.25) is 5.95 Å². The van der Waals surface area contributed by atoms with Gasteiger partial charge in [-0.1, -0.05) is 18.2 Å². The largest absolute Gasteiger partial charge is 0.377 e. The Hall–Kier alpha value is -4.09. The van der Waals surface area contributed by atoms with Crippen LogP contribution in [0.25, 0.3) is 27.2 Å². The molecule has 1 fully saturated rings. The smallest absolute Gasteiger partial charge is 0.324 e. The molecule has 2 amide bonds. The van der Waals surface area contributed by atoms with Gasteiger partial charge in [0.15, 0.2) is 5.82 Å². The van der Waals surface area contributed by atoms with Gasteiger partial charge in [-0.15, -0.1) is 11.3 Å². The number of hydrogen-bond acceptors (Lipinski definition) is 8. The summed E-state index contributed by atoms with van der Waals surface area (Å²) in [5.41, 5.74) is 3.04. The molecule has 1 aliphatic rings. The van der Waals surface area contributed by atoms with E-state index in [4.69, 9.17) is 14.7 Å². The van der Waals surface area contributed by atoms with E-state index in [1.54, 1.807) is 24.7 Å². The third-order valence-corrected chi connectivity index (χ3v) is 6.81. The summed E-state index contributed by atoms with van der Waals surface area (Å²) >= 11 is 1.50. The van der Waals surface area contributed by atoms with Crippen molar-refractivity contribution in [3.63, 3.8) is 0 Å². The maximum Gasteiger partial charge on any atom is 0.324 e. The average Bonchev–Trinajstić information content (AvgIpc) is 3.49. The first kappa shape index (κ1) is 21.4. The van der Waals surface area contributed by atoms with Crippen LogP contribution in [-0.2, 0) is 4.74 Å². The van der Waals surface area contributed by atoms with E-state index < -0.39 is 6.03 Å². The van der Waals surface area contributed by atoms with Gasteiger partial charge in [-0.2, -0.15) is 4.98 Å². The third kappa shape index (κ3) is 4.04. The van der Waals surface area contributed by atoms with E-state index in [2.05, 4.69) is 32.4 Å². The Morgan fingerprint density at radius 3 is 2.86 bits per heavy atom. The molecule has 1 saturated heterocycles. The molecule has 0 spiro atoms. The monoisotopic (exact) mass is 486 g/mol. The number of nitrogens with zero attached hydrogens (tertiary/aromatic N) is 6. The zero-order chi connectivity index (χ0) is 23.8. The molecule has 10 nitrogen and oxygen atoms in total. The molecule has 176 valence electrons. The number of ether oxygens (including phenoxy) is 1. The van der Waals surface area contributed by atoms with Crippen molar-refractivity contribution < 1.29 is 9.53 Å². The van der Waals surface area contributed by atoms with Gasteiger partial charge in [0.25, 0.3) is 0 Å². The van der Waals surface area contributed by atoms with Crippen LogP contribution in [0.1, 0.15) is 6.92 Å². The molecule has 1 atom stereocenters. The van der Waals surface area contributed by atoms with Gasteiger partial charge in [-0.05, 0) is 31.2 Å². The fraction of sp³-hybridized carbons (Fsp3) is 0.208. The number of amides is 2. The average molecular weight is 487 g/mol. The number of pyridine rings is 1. The molecular weight excluding hydrogens is 464 g/mol. The number of benzene rings is 1. The molecule has 2 N–H and O–H groups in total. The molecule has 11 heteroatoms. The van der Waals surface area contributed by atoms with E-state index in [-0.39, 0.29) is 6.04 Å². The second kappa shape index (κ2) is 8.93. The Morgan fingerprint density at radius 1 is 1.11 bits per heavy atom. The summed E-state index contributed by atoms with van der Waals surface area (Å²) in [6.45, 7) is 4.09. The molecular formula is C24H22N8O2S. The van der Waals surface area contributed by atoms with Gasteiger partial charge < -0.3 is 15.0 Å². The molecule has 1 aromatic carbocycles. The maximum absolute atomic E-state index is 12.7. The molecule has 1 aliphatic heterocycles. The fourth-order valence-electron chi connectivity index (χ4n) is 4.15. The second-order valence-corrected chi connectivity index (χ2v) is 9.07. The number of carbonyl (C=O) groups is 1. The lowest BCUT2D eigenvalue weighted by Crippen LogP contribution is -2.44. The lowest BCUT2D eigenvalue weighted by atomic mass is 10.2. The van der Waals surface area contributed by atoms with E-state index >= 15 is 0 Å². The summed E-state index contributed by atoms with van der Waals surface area (Å²) in [5.74, 6) is 1.78. The van der Waals surface area contributed by atoms with Gasteiger partial charge in [-0.25, -0.2) is 19.7 Å². The number of anilines is 3. The number of fused-ring (bicyclic) bond motifs is 2. The maximum atomic E-state index is 12.7. The van der Waals surface area contributed by atoms with E-state index in [0.717, 1.165) is 28.1 Å². The van der Waals surface area contributed by atoms with Crippen LogP contribution in [0.2, 0.25) is 0 Å². The Morgan fingerprint density at radius 2 is 2.00 bits per heavy atom. The summed E-state index contributed by atoms with van der Waals surface area (Å²) in [6.07, 6.45) is 3.35. The highest BCUT2D eigenvalue weighted by Gasteiger charge is 2.26. The van der Waals surface area contributed by atoms with Crippen LogP contribution in [0.15, 0.2) is 60.4 Å². The van der Waals surface area contributed by atoms with Gasteiger partial charge in [0, 0.05) is 18.1 Å². The number of morpholine rings is 1. The predicted molar refractivity (Wildman–Crippen MR) is 137 cm³/mol. The molecule has 4 aromatic heterocycles. The van der Waals surface area contributed by atoms with Crippen molar-refractivity contribution in [1.29, 1.82) is 0 Å². The van der Waals surface area contributed by atoms with Crippen LogP contribution in [0.4, 0.5) is 22.1 Å². The Kier molecular flexibility index (Phi) is 5.47. The van der Waals surface area contributed by atoms with Crippen LogP contribution in [0, 0.1) is 0 Å². The standard InChI is InChI=1S/C24H22N8O2S/c1-15-12-34-11-10-31(15)22-21-20(17(13-35-21)27-24(33)28-19-8-4-5-9-25-19)29-23(30-22)32-14-26-16-6-2-3-7-18(16)32/h2-9,13-15H,10-12H2,1H3,(H2,25,27,28,33)/t15-/m1/s1. The lowest BCUT2D eigenvalue weighted by Gasteiger charge is -2.34. The summed E-state index contributed by atoms with van der Waals surface area (Å²) in [5, 5.41) is 7.57. The number of aromatic nitrogens is 5. The quantitative estimate of drug-likeness (QED) is 0.390. The number of para-hydroxylation sites is 2. The third-order valence-electron chi connectivity index (χ3n) is 5.85. The molecule has 0 aliphatic carbocycles. The Balaban J connectivity index is 1.45. The highest BCUT2D eigenvalue weighted by Crippen LogP contribution is 2.37. The van der Waals surface area contributed by atoms with Crippen molar-refractivity contribution >= 4 is 55.9 Å².